The molecular weight excluding hydrogens is 280 g/mol. The van der Waals surface area contributed by atoms with Crippen LogP contribution in [0.15, 0.2) is 23.4 Å². The standard InChI is InChI=1S/C12H16N4OS2/c1-8(17)10-9(13)11(18-2)12(19-10)14-5-7-16-6-3-4-15-16/h3-4,6,14H,5,7,13H2,1-2H3. The number of rotatable bonds is 6. The van der Waals surface area contributed by atoms with Gasteiger partial charge in [-0.2, -0.15) is 5.10 Å². The van der Waals surface area contributed by atoms with Crippen molar-refractivity contribution in [1.82, 2.24) is 9.78 Å². The zero-order chi connectivity index (χ0) is 13.8. The van der Waals surface area contributed by atoms with Crippen LogP contribution in [0.1, 0.15) is 16.6 Å². The summed E-state index contributed by atoms with van der Waals surface area (Å²) in [5.41, 5.74) is 6.58. The van der Waals surface area contributed by atoms with Gasteiger partial charge in [0.25, 0.3) is 0 Å². The van der Waals surface area contributed by atoms with Gasteiger partial charge in [0.1, 0.15) is 5.00 Å². The summed E-state index contributed by atoms with van der Waals surface area (Å²) in [5.74, 6) is 0.0120. The molecule has 2 rings (SSSR count). The first kappa shape index (κ1) is 14.0. The molecule has 2 heterocycles. The average molecular weight is 296 g/mol. The number of hydrogen-bond acceptors (Lipinski definition) is 6. The molecule has 0 aliphatic heterocycles. The van der Waals surface area contributed by atoms with Gasteiger partial charge in [0, 0.05) is 25.9 Å². The quantitative estimate of drug-likeness (QED) is 0.633. The molecule has 5 nitrogen and oxygen atoms in total. The number of hydrogen-bond donors (Lipinski definition) is 2. The van der Waals surface area contributed by atoms with E-state index >= 15 is 0 Å². The number of aromatic nitrogens is 2. The number of anilines is 2. The highest BCUT2D eigenvalue weighted by atomic mass is 32.2. The highest BCUT2D eigenvalue weighted by Crippen LogP contribution is 2.41. The van der Waals surface area contributed by atoms with Crippen LogP contribution in [-0.4, -0.2) is 28.4 Å². The maximum atomic E-state index is 11.5. The third-order valence-corrected chi connectivity index (χ3v) is 4.83. The Balaban J connectivity index is 2.07. The van der Waals surface area contributed by atoms with Gasteiger partial charge in [-0.05, 0) is 12.3 Å². The number of Topliss-reactive ketones (excluding diaryl/α,β-unsaturated/α-hetero) is 1. The van der Waals surface area contributed by atoms with E-state index in [9.17, 15) is 4.79 Å². The number of thiophene rings is 1. The van der Waals surface area contributed by atoms with Gasteiger partial charge in [-0.1, -0.05) is 0 Å². The van der Waals surface area contributed by atoms with Gasteiger partial charge in [0.05, 0.1) is 22.0 Å². The maximum absolute atomic E-state index is 11.5. The van der Waals surface area contributed by atoms with Crippen LogP contribution in [0.25, 0.3) is 0 Å². The highest BCUT2D eigenvalue weighted by Gasteiger charge is 2.17. The third kappa shape index (κ3) is 3.10. The molecule has 0 spiro atoms. The van der Waals surface area contributed by atoms with Gasteiger partial charge >= 0.3 is 0 Å². The number of nitrogens with zero attached hydrogens (tertiary/aromatic N) is 2. The summed E-state index contributed by atoms with van der Waals surface area (Å²) in [6.45, 7) is 3.06. The second-order valence-electron chi connectivity index (χ2n) is 3.96. The first-order valence-electron chi connectivity index (χ1n) is 5.82. The largest absolute Gasteiger partial charge is 0.396 e. The molecule has 0 atom stereocenters. The molecule has 0 saturated carbocycles. The molecule has 7 heteroatoms. The van der Waals surface area contributed by atoms with Crippen LogP contribution in [0.5, 0.6) is 0 Å². The predicted molar refractivity (Wildman–Crippen MR) is 81.2 cm³/mol. The minimum absolute atomic E-state index is 0.0120. The lowest BCUT2D eigenvalue weighted by atomic mass is 10.3. The first-order valence-corrected chi connectivity index (χ1v) is 7.86. The predicted octanol–water partition coefficient (Wildman–Crippen LogP) is 2.56. The van der Waals surface area contributed by atoms with Gasteiger partial charge in [-0.25, -0.2) is 0 Å². The van der Waals surface area contributed by atoms with Crippen molar-refractivity contribution in [2.45, 2.75) is 18.4 Å². The molecule has 19 heavy (non-hydrogen) atoms. The summed E-state index contributed by atoms with van der Waals surface area (Å²) in [6, 6.07) is 1.89. The number of nitrogens with two attached hydrogens (primary N) is 1. The van der Waals surface area contributed by atoms with Gasteiger partial charge in [0.2, 0.25) is 0 Å². The Morgan fingerprint density at radius 3 is 3.00 bits per heavy atom. The normalized spacial score (nSPS) is 10.6. The van der Waals surface area contributed by atoms with Crippen molar-refractivity contribution in [1.29, 1.82) is 0 Å². The minimum Gasteiger partial charge on any atom is -0.396 e. The molecule has 0 saturated heterocycles. The Hall–Kier alpha value is -1.47. The topological polar surface area (TPSA) is 72.9 Å². The van der Waals surface area contributed by atoms with Gasteiger partial charge < -0.3 is 11.1 Å². The fourth-order valence-electron chi connectivity index (χ4n) is 1.73. The number of nitrogen functional groups attached to an aromatic ring is 1. The van der Waals surface area contributed by atoms with E-state index in [2.05, 4.69) is 10.4 Å². The van der Waals surface area contributed by atoms with E-state index in [1.807, 2.05) is 23.2 Å². The molecular formula is C12H16N4OS2. The monoisotopic (exact) mass is 296 g/mol. The first-order chi connectivity index (χ1) is 9.13. The number of thioether (sulfide) groups is 1. The van der Waals surface area contributed by atoms with Crippen molar-refractivity contribution in [2.24, 2.45) is 0 Å². The Kier molecular flexibility index (Phi) is 4.49. The molecule has 0 aliphatic carbocycles. The minimum atomic E-state index is 0.0120. The summed E-state index contributed by atoms with van der Waals surface area (Å²) >= 11 is 2.98. The molecule has 0 radical (unpaired) electrons. The fraction of sp³-hybridized carbons (Fsp3) is 0.333. The Labute approximate surface area is 120 Å². The average Bonchev–Trinajstić information content (AvgIpc) is 2.97. The maximum Gasteiger partial charge on any atom is 0.171 e. The molecule has 0 aromatic carbocycles. The van der Waals surface area contributed by atoms with Crippen LogP contribution in [0.3, 0.4) is 0 Å². The van der Waals surface area contributed by atoms with Crippen LogP contribution < -0.4 is 11.1 Å². The van der Waals surface area contributed by atoms with Crippen molar-refractivity contribution in [3.05, 3.63) is 23.3 Å². The molecule has 0 fully saturated rings. The van der Waals surface area contributed by atoms with Crippen molar-refractivity contribution in [3.63, 3.8) is 0 Å². The number of nitrogens with one attached hydrogen (secondary N) is 1. The fourth-order valence-corrected chi connectivity index (χ4v) is 3.68. The molecule has 0 amide bonds. The molecule has 102 valence electrons. The molecule has 2 aromatic heterocycles. The van der Waals surface area contributed by atoms with Crippen molar-refractivity contribution in [3.8, 4) is 0 Å². The lowest BCUT2D eigenvalue weighted by Crippen LogP contribution is -2.10. The van der Waals surface area contributed by atoms with E-state index < -0.39 is 0 Å². The zero-order valence-corrected chi connectivity index (χ0v) is 12.5. The number of ketones is 1. The number of carbonyl (C=O) groups excluding carboxylic acids is 1. The van der Waals surface area contributed by atoms with Gasteiger partial charge in [-0.15, -0.1) is 23.1 Å². The molecule has 0 unspecified atom stereocenters. The van der Waals surface area contributed by atoms with Crippen molar-refractivity contribution < 1.29 is 4.79 Å². The molecule has 0 aliphatic rings. The molecule has 3 N–H and O–H groups in total. The number of carbonyl (C=O) groups is 1. The van der Waals surface area contributed by atoms with Gasteiger partial charge in [0.15, 0.2) is 5.78 Å². The van der Waals surface area contributed by atoms with Crippen LogP contribution >= 0.6 is 23.1 Å². The summed E-state index contributed by atoms with van der Waals surface area (Å²) in [5, 5.41) is 8.42. The smallest absolute Gasteiger partial charge is 0.171 e. The lowest BCUT2D eigenvalue weighted by molar-refractivity contribution is 0.102. The van der Waals surface area contributed by atoms with Crippen LogP contribution in [-0.2, 0) is 6.54 Å². The van der Waals surface area contributed by atoms with Gasteiger partial charge in [-0.3, -0.25) is 9.48 Å². The highest BCUT2D eigenvalue weighted by molar-refractivity contribution is 7.99. The molecule has 2 aromatic rings. The SMILES string of the molecule is CSc1c(NCCn2cccn2)sc(C(C)=O)c1N. The van der Waals surface area contributed by atoms with Crippen LogP contribution in [0.2, 0.25) is 0 Å². The second-order valence-corrected chi connectivity index (χ2v) is 5.80. The van der Waals surface area contributed by atoms with Crippen molar-refractivity contribution >= 4 is 39.6 Å². The summed E-state index contributed by atoms with van der Waals surface area (Å²) in [6.07, 6.45) is 5.63. The van der Waals surface area contributed by atoms with E-state index in [1.165, 1.54) is 11.3 Å². The van der Waals surface area contributed by atoms with Crippen molar-refractivity contribution in [2.75, 3.05) is 23.9 Å². The van der Waals surface area contributed by atoms with E-state index in [0.717, 1.165) is 23.0 Å². The summed E-state index contributed by atoms with van der Waals surface area (Å²) in [4.78, 5) is 13.1. The van der Waals surface area contributed by atoms with E-state index in [-0.39, 0.29) is 5.78 Å². The Morgan fingerprint density at radius 2 is 2.42 bits per heavy atom. The van der Waals surface area contributed by atoms with E-state index in [1.54, 1.807) is 24.9 Å². The third-order valence-electron chi connectivity index (χ3n) is 2.61. The van der Waals surface area contributed by atoms with E-state index in [0.29, 0.717) is 10.6 Å². The lowest BCUT2D eigenvalue weighted by Gasteiger charge is -2.06. The van der Waals surface area contributed by atoms with Crippen LogP contribution in [0, 0.1) is 0 Å². The molecule has 0 bridgehead atoms. The summed E-state index contributed by atoms with van der Waals surface area (Å²) < 4.78 is 1.86. The Bertz CT molecular complexity index is 563. The van der Waals surface area contributed by atoms with Crippen LogP contribution in [0.4, 0.5) is 10.7 Å². The Morgan fingerprint density at radius 1 is 1.63 bits per heavy atom. The second kappa shape index (κ2) is 6.12. The zero-order valence-electron chi connectivity index (χ0n) is 10.8. The van der Waals surface area contributed by atoms with E-state index in [4.69, 9.17) is 5.73 Å². The summed E-state index contributed by atoms with van der Waals surface area (Å²) in [7, 11) is 0.